The largest absolute Gasteiger partial charge is 0.328 e. The van der Waals surface area contributed by atoms with Gasteiger partial charge in [0.05, 0.1) is 6.54 Å². The molecule has 2 aromatic rings. The van der Waals surface area contributed by atoms with Crippen LogP contribution in [0.5, 0.6) is 0 Å². The molecule has 15 heavy (non-hydrogen) atoms. The Labute approximate surface area is 94.9 Å². The molecular weight excluding hydrogens is 236 g/mol. The first-order chi connectivity index (χ1) is 7.20. The summed E-state index contributed by atoms with van der Waals surface area (Å²) in [7, 11) is 0. The van der Waals surface area contributed by atoms with Crippen molar-refractivity contribution in [2.75, 3.05) is 0 Å². The van der Waals surface area contributed by atoms with Crippen molar-refractivity contribution in [3.8, 4) is 0 Å². The molecule has 0 bridgehead atoms. The summed E-state index contributed by atoms with van der Waals surface area (Å²) in [6.45, 7) is 3.02. The van der Waals surface area contributed by atoms with E-state index in [4.69, 9.17) is 11.6 Å². The van der Waals surface area contributed by atoms with Crippen LogP contribution < -0.4 is 5.69 Å². The zero-order valence-electron chi connectivity index (χ0n) is 8.05. The second kappa shape index (κ2) is 4.16. The van der Waals surface area contributed by atoms with Gasteiger partial charge in [0.1, 0.15) is 5.01 Å². The van der Waals surface area contributed by atoms with E-state index >= 15 is 0 Å². The molecule has 0 aromatic carbocycles. The van der Waals surface area contributed by atoms with Gasteiger partial charge in [-0.15, -0.1) is 10.2 Å². The van der Waals surface area contributed by atoms with Crippen molar-refractivity contribution < 1.29 is 0 Å². The lowest BCUT2D eigenvalue weighted by atomic mass is 10.6. The maximum atomic E-state index is 11.7. The van der Waals surface area contributed by atoms with E-state index in [0.29, 0.717) is 17.6 Å². The fourth-order valence-electron chi connectivity index (χ4n) is 1.26. The van der Waals surface area contributed by atoms with Crippen molar-refractivity contribution in [2.45, 2.75) is 20.0 Å². The summed E-state index contributed by atoms with van der Waals surface area (Å²) in [6, 6.07) is 0. The summed E-state index contributed by atoms with van der Waals surface area (Å²) < 4.78 is 3.61. The predicted octanol–water partition coefficient (Wildman–Crippen LogP) is 1.22. The molecule has 0 saturated carbocycles. The maximum Gasteiger partial charge on any atom is 0.328 e. The highest BCUT2D eigenvalue weighted by Crippen LogP contribution is 2.15. The number of rotatable bonds is 3. The third-order valence-corrected chi connectivity index (χ3v) is 3.01. The molecule has 0 radical (unpaired) electrons. The van der Waals surface area contributed by atoms with Crippen LogP contribution in [-0.4, -0.2) is 19.3 Å². The fraction of sp³-hybridized carbons (Fsp3) is 0.375. The zero-order valence-corrected chi connectivity index (χ0v) is 9.62. The van der Waals surface area contributed by atoms with Crippen LogP contribution >= 0.6 is 22.9 Å². The van der Waals surface area contributed by atoms with Gasteiger partial charge in [0, 0.05) is 18.9 Å². The molecule has 7 heteroatoms. The van der Waals surface area contributed by atoms with Crippen LogP contribution in [0.2, 0.25) is 4.47 Å². The molecule has 0 N–H and O–H groups in total. The molecule has 0 unspecified atom stereocenters. The molecular formula is C8H9ClN4OS. The lowest BCUT2D eigenvalue weighted by molar-refractivity contribution is 0.664. The summed E-state index contributed by atoms with van der Waals surface area (Å²) in [6.07, 6.45) is 3.49. The van der Waals surface area contributed by atoms with Gasteiger partial charge in [-0.25, -0.2) is 4.79 Å². The van der Waals surface area contributed by atoms with Crippen LogP contribution in [0.1, 0.15) is 11.9 Å². The van der Waals surface area contributed by atoms with Gasteiger partial charge in [0.25, 0.3) is 0 Å². The van der Waals surface area contributed by atoms with Crippen molar-refractivity contribution in [2.24, 2.45) is 0 Å². The Bertz CT molecular complexity index is 515. The number of nitrogens with zero attached hydrogens (tertiary/aromatic N) is 4. The van der Waals surface area contributed by atoms with Crippen molar-refractivity contribution in [3.63, 3.8) is 0 Å². The molecule has 0 spiro atoms. The first kappa shape index (κ1) is 10.4. The van der Waals surface area contributed by atoms with E-state index in [1.807, 2.05) is 6.92 Å². The highest BCUT2D eigenvalue weighted by Gasteiger charge is 2.06. The van der Waals surface area contributed by atoms with Gasteiger partial charge in [0.15, 0.2) is 0 Å². The van der Waals surface area contributed by atoms with Crippen molar-refractivity contribution in [1.29, 1.82) is 0 Å². The SMILES string of the molecule is CCn1ccn(Cc2nnc(Cl)s2)c1=O. The lowest BCUT2D eigenvalue weighted by Crippen LogP contribution is -2.23. The molecule has 2 aromatic heterocycles. The predicted molar refractivity (Wildman–Crippen MR) is 58.4 cm³/mol. The molecule has 0 atom stereocenters. The van der Waals surface area contributed by atoms with E-state index in [-0.39, 0.29) is 5.69 Å². The van der Waals surface area contributed by atoms with Gasteiger partial charge in [0.2, 0.25) is 4.47 Å². The number of hydrogen-bond donors (Lipinski definition) is 0. The Morgan fingerprint density at radius 2 is 2.13 bits per heavy atom. The van der Waals surface area contributed by atoms with E-state index in [9.17, 15) is 4.79 Å². The Morgan fingerprint density at radius 3 is 2.67 bits per heavy atom. The molecule has 2 heterocycles. The lowest BCUT2D eigenvalue weighted by Gasteiger charge is -1.96. The summed E-state index contributed by atoms with van der Waals surface area (Å²) in [5.74, 6) is 0. The van der Waals surface area contributed by atoms with Crippen molar-refractivity contribution >= 4 is 22.9 Å². The molecule has 0 fully saturated rings. The minimum atomic E-state index is -0.0381. The van der Waals surface area contributed by atoms with Gasteiger partial charge < -0.3 is 0 Å². The third-order valence-electron chi connectivity index (χ3n) is 2.01. The first-order valence-corrected chi connectivity index (χ1v) is 5.63. The molecule has 0 aliphatic heterocycles. The Hall–Kier alpha value is -1.14. The molecule has 80 valence electrons. The maximum absolute atomic E-state index is 11.7. The number of imidazole rings is 1. The molecule has 0 amide bonds. The quantitative estimate of drug-likeness (QED) is 0.816. The highest BCUT2D eigenvalue weighted by atomic mass is 35.5. The Balaban J connectivity index is 2.25. The van der Waals surface area contributed by atoms with Gasteiger partial charge in [-0.2, -0.15) is 0 Å². The standard InChI is InChI=1S/C8H9ClN4OS/c1-2-12-3-4-13(8(12)14)5-6-10-11-7(9)15-6/h3-4H,2,5H2,1H3. The van der Waals surface area contributed by atoms with E-state index in [2.05, 4.69) is 10.2 Å². The van der Waals surface area contributed by atoms with Crippen molar-refractivity contribution in [1.82, 2.24) is 19.3 Å². The summed E-state index contributed by atoms with van der Waals surface area (Å²) >= 11 is 6.93. The minimum Gasteiger partial charge on any atom is -0.300 e. The normalized spacial score (nSPS) is 10.8. The molecule has 2 rings (SSSR count). The van der Waals surface area contributed by atoms with Gasteiger partial charge in [-0.3, -0.25) is 9.13 Å². The van der Waals surface area contributed by atoms with Gasteiger partial charge >= 0.3 is 5.69 Å². The topological polar surface area (TPSA) is 52.7 Å². The number of halogens is 1. The van der Waals surface area contributed by atoms with E-state index < -0.39 is 0 Å². The fourth-order valence-corrected chi connectivity index (χ4v) is 2.12. The zero-order chi connectivity index (χ0) is 10.8. The molecule has 0 saturated heterocycles. The van der Waals surface area contributed by atoms with Gasteiger partial charge in [-0.05, 0) is 18.5 Å². The second-order valence-corrected chi connectivity index (χ2v) is 4.59. The van der Waals surface area contributed by atoms with E-state index in [1.54, 1.807) is 21.5 Å². The average Bonchev–Trinajstić information content (AvgIpc) is 2.76. The average molecular weight is 245 g/mol. The Morgan fingerprint density at radius 1 is 1.40 bits per heavy atom. The third kappa shape index (κ3) is 2.10. The smallest absolute Gasteiger partial charge is 0.300 e. The number of aromatic nitrogens is 4. The summed E-state index contributed by atoms with van der Waals surface area (Å²) in [4.78, 5) is 11.7. The minimum absolute atomic E-state index is 0.0381. The van der Waals surface area contributed by atoms with Crippen LogP contribution in [0.15, 0.2) is 17.2 Å². The molecule has 0 aliphatic rings. The second-order valence-electron chi connectivity index (χ2n) is 2.94. The molecule has 0 aliphatic carbocycles. The van der Waals surface area contributed by atoms with Crippen LogP contribution in [0.25, 0.3) is 0 Å². The monoisotopic (exact) mass is 244 g/mol. The summed E-state index contributed by atoms with van der Waals surface area (Å²) in [5.41, 5.74) is -0.0381. The number of hydrogen-bond acceptors (Lipinski definition) is 4. The van der Waals surface area contributed by atoms with Gasteiger partial charge in [-0.1, -0.05) is 11.3 Å². The van der Waals surface area contributed by atoms with Crippen LogP contribution in [0, 0.1) is 0 Å². The van der Waals surface area contributed by atoms with E-state index in [0.717, 1.165) is 5.01 Å². The van der Waals surface area contributed by atoms with Crippen molar-refractivity contribution in [3.05, 3.63) is 32.4 Å². The van der Waals surface area contributed by atoms with Crippen LogP contribution in [0.3, 0.4) is 0 Å². The summed E-state index contributed by atoms with van der Waals surface area (Å²) in [5, 5.41) is 8.27. The van der Waals surface area contributed by atoms with Crippen LogP contribution in [0.4, 0.5) is 0 Å². The molecule has 5 nitrogen and oxygen atoms in total. The first-order valence-electron chi connectivity index (χ1n) is 4.44. The van der Waals surface area contributed by atoms with Crippen LogP contribution in [-0.2, 0) is 13.1 Å². The number of aryl methyl sites for hydroxylation is 1. The highest BCUT2D eigenvalue weighted by molar-refractivity contribution is 7.15. The Kier molecular flexibility index (Phi) is 2.88. The van der Waals surface area contributed by atoms with E-state index in [1.165, 1.54) is 11.3 Å².